The number of nitrogens with one attached hydrogen (secondary N) is 1. The molecular formula is C19H25N3O4S2. The first-order chi connectivity index (χ1) is 13.3. The summed E-state index contributed by atoms with van der Waals surface area (Å²) in [4.78, 5) is 29.7. The van der Waals surface area contributed by atoms with Gasteiger partial charge in [-0.1, -0.05) is 25.7 Å². The molecule has 0 bridgehead atoms. The number of pyridine rings is 1. The van der Waals surface area contributed by atoms with E-state index in [2.05, 4.69) is 10.3 Å². The van der Waals surface area contributed by atoms with Crippen molar-refractivity contribution in [3.63, 3.8) is 0 Å². The summed E-state index contributed by atoms with van der Waals surface area (Å²) in [5, 5.41) is 4.40. The van der Waals surface area contributed by atoms with Crippen LogP contribution in [-0.2, 0) is 14.6 Å². The monoisotopic (exact) mass is 423 g/mol. The third kappa shape index (κ3) is 4.52. The van der Waals surface area contributed by atoms with Crippen LogP contribution in [-0.4, -0.2) is 29.1 Å². The van der Waals surface area contributed by atoms with Crippen molar-refractivity contribution in [1.29, 1.82) is 0 Å². The third-order valence-corrected chi connectivity index (χ3v) is 8.04. The Morgan fingerprint density at radius 1 is 1.36 bits per heavy atom. The van der Waals surface area contributed by atoms with Crippen LogP contribution < -0.4 is 10.9 Å². The van der Waals surface area contributed by atoms with E-state index in [1.54, 1.807) is 25.4 Å². The second-order valence-corrected chi connectivity index (χ2v) is 10.8. The van der Waals surface area contributed by atoms with Gasteiger partial charge in [0.25, 0.3) is 5.56 Å². The number of hydrogen-bond acceptors (Lipinski definition) is 6. The minimum atomic E-state index is -3.55. The quantitative estimate of drug-likeness (QED) is 0.737. The molecule has 0 aliphatic heterocycles. The summed E-state index contributed by atoms with van der Waals surface area (Å²) < 4.78 is 26.1. The predicted octanol–water partition coefficient (Wildman–Crippen LogP) is 3.25. The highest BCUT2D eigenvalue weighted by atomic mass is 32.2. The molecule has 0 spiro atoms. The summed E-state index contributed by atoms with van der Waals surface area (Å²) in [6.45, 7) is 3.15. The van der Waals surface area contributed by atoms with E-state index >= 15 is 0 Å². The topological polar surface area (TPSA) is 98.1 Å². The minimum absolute atomic E-state index is 0.0105. The van der Waals surface area contributed by atoms with E-state index in [0.717, 1.165) is 31.7 Å². The highest BCUT2D eigenvalue weighted by Gasteiger charge is 2.29. The first kappa shape index (κ1) is 20.7. The molecule has 9 heteroatoms. The molecule has 0 unspecified atom stereocenters. The molecule has 1 N–H and O–H groups in total. The van der Waals surface area contributed by atoms with Crippen LogP contribution in [0.3, 0.4) is 0 Å². The summed E-state index contributed by atoms with van der Waals surface area (Å²) in [7, 11) is -3.55. The second kappa shape index (κ2) is 8.57. The number of sulfone groups is 1. The van der Waals surface area contributed by atoms with Gasteiger partial charge in [0, 0.05) is 23.8 Å². The Morgan fingerprint density at radius 3 is 2.64 bits per heavy atom. The molecule has 7 nitrogen and oxygen atoms in total. The van der Waals surface area contributed by atoms with Crippen molar-refractivity contribution in [1.82, 2.24) is 9.55 Å². The predicted molar refractivity (Wildman–Crippen MR) is 109 cm³/mol. The molecule has 1 aliphatic rings. The van der Waals surface area contributed by atoms with Crippen molar-refractivity contribution in [2.24, 2.45) is 5.92 Å². The fourth-order valence-corrected chi connectivity index (χ4v) is 5.15. The molecule has 0 aromatic carbocycles. The smallest absolute Gasteiger partial charge is 0.252 e. The fourth-order valence-electron chi connectivity index (χ4n) is 3.56. The Kier molecular flexibility index (Phi) is 6.34. The minimum Gasteiger partial charge on any atom is -0.303 e. The van der Waals surface area contributed by atoms with Crippen molar-refractivity contribution in [3.8, 4) is 0 Å². The van der Waals surface area contributed by atoms with E-state index in [1.165, 1.54) is 28.2 Å². The standard InChI is InChI=1S/C19H25N3O4S2/c1-13(2)28(25,26)15-7-9-22(17(23)12-15)16(11-14-5-3-4-6-14)18(24)21-19-20-8-10-27-19/h7-10,12-14,16H,3-6,11H2,1-2H3,(H,20,21,24)/t16-/m0/s1. The number of nitrogens with zero attached hydrogens (tertiary/aromatic N) is 2. The van der Waals surface area contributed by atoms with Gasteiger partial charge in [0.2, 0.25) is 5.91 Å². The van der Waals surface area contributed by atoms with Gasteiger partial charge in [-0.15, -0.1) is 11.3 Å². The molecule has 2 aromatic rings. The van der Waals surface area contributed by atoms with Crippen LogP contribution in [0.1, 0.15) is 52.0 Å². The maximum absolute atomic E-state index is 12.9. The third-order valence-electron chi connectivity index (χ3n) is 5.20. The highest BCUT2D eigenvalue weighted by molar-refractivity contribution is 7.92. The van der Waals surface area contributed by atoms with Crippen molar-refractivity contribution < 1.29 is 13.2 Å². The number of aromatic nitrogens is 2. The average molecular weight is 424 g/mol. The molecule has 2 aromatic heterocycles. The zero-order valence-corrected chi connectivity index (χ0v) is 17.6. The first-order valence-electron chi connectivity index (χ1n) is 9.45. The number of amides is 1. The normalized spacial score (nSPS) is 16.4. The lowest BCUT2D eigenvalue weighted by Crippen LogP contribution is -2.34. The Bertz CT molecular complexity index is 975. The van der Waals surface area contributed by atoms with Crippen LogP contribution in [0, 0.1) is 5.92 Å². The molecular weight excluding hydrogens is 398 g/mol. The molecule has 28 heavy (non-hydrogen) atoms. The van der Waals surface area contributed by atoms with Gasteiger partial charge in [0.15, 0.2) is 15.0 Å². The molecule has 1 saturated carbocycles. The van der Waals surface area contributed by atoms with Crippen LogP contribution in [0.2, 0.25) is 0 Å². The molecule has 1 atom stereocenters. The Labute approximate surface area is 168 Å². The number of thiazole rings is 1. The second-order valence-electron chi connectivity index (χ2n) is 7.43. The first-order valence-corrected chi connectivity index (χ1v) is 11.9. The van der Waals surface area contributed by atoms with Crippen LogP contribution >= 0.6 is 11.3 Å². The van der Waals surface area contributed by atoms with Gasteiger partial charge < -0.3 is 9.88 Å². The van der Waals surface area contributed by atoms with Crippen LogP contribution in [0.25, 0.3) is 0 Å². The maximum Gasteiger partial charge on any atom is 0.252 e. The molecule has 3 rings (SSSR count). The molecule has 1 fully saturated rings. The number of hydrogen-bond donors (Lipinski definition) is 1. The summed E-state index contributed by atoms with van der Waals surface area (Å²) in [5.74, 6) is 0.0708. The van der Waals surface area contributed by atoms with Crippen molar-refractivity contribution in [2.75, 3.05) is 5.32 Å². The number of carbonyl (C=O) groups excluding carboxylic acids is 1. The Hall–Kier alpha value is -2.00. The molecule has 1 aliphatic carbocycles. The average Bonchev–Trinajstić information content (AvgIpc) is 3.33. The zero-order valence-electron chi connectivity index (χ0n) is 16.0. The Balaban J connectivity index is 1.92. The number of anilines is 1. The number of rotatable bonds is 7. The van der Waals surface area contributed by atoms with Crippen molar-refractivity contribution in [3.05, 3.63) is 40.3 Å². The van der Waals surface area contributed by atoms with Gasteiger partial charge >= 0.3 is 0 Å². The van der Waals surface area contributed by atoms with E-state index in [4.69, 9.17) is 0 Å². The summed E-state index contributed by atoms with van der Waals surface area (Å²) in [6.07, 6.45) is 7.92. The maximum atomic E-state index is 12.9. The van der Waals surface area contributed by atoms with Gasteiger partial charge in [-0.05, 0) is 32.3 Å². The molecule has 0 saturated heterocycles. The molecule has 1 amide bonds. The van der Waals surface area contributed by atoms with E-state index in [-0.39, 0.29) is 10.8 Å². The van der Waals surface area contributed by atoms with E-state index in [0.29, 0.717) is 17.5 Å². The van der Waals surface area contributed by atoms with E-state index < -0.39 is 26.7 Å². The summed E-state index contributed by atoms with van der Waals surface area (Å²) >= 11 is 1.31. The van der Waals surface area contributed by atoms with Gasteiger partial charge in [-0.25, -0.2) is 13.4 Å². The summed E-state index contributed by atoms with van der Waals surface area (Å²) in [6, 6.07) is 1.83. The zero-order chi connectivity index (χ0) is 20.3. The van der Waals surface area contributed by atoms with E-state index in [1.807, 2.05) is 0 Å². The van der Waals surface area contributed by atoms with Crippen LogP contribution in [0.5, 0.6) is 0 Å². The molecule has 0 radical (unpaired) electrons. The van der Waals surface area contributed by atoms with Crippen LogP contribution in [0.4, 0.5) is 5.13 Å². The lowest BCUT2D eigenvalue weighted by atomic mass is 9.97. The van der Waals surface area contributed by atoms with E-state index in [9.17, 15) is 18.0 Å². The SMILES string of the molecule is CC(C)S(=O)(=O)c1ccn([C@@H](CC2CCCC2)C(=O)Nc2nccs2)c(=O)c1. The van der Waals surface area contributed by atoms with Crippen LogP contribution in [0.15, 0.2) is 39.6 Å². The summed E-state index contributed by atoms with van der Waals surface area (Å²) in [5.41, 5.74) is -0.487. The van der Waals surface area contributed by atoms with Gasteiger partial charge in [0.05, 0.1) is 10.1 Å². The van der Waals surface area contributed by atoms with Gasteiger partial charge in [-0.2, -0.15) is 0 Å². The van der Waals surface area contributed by atoms with Crippen molar-refractivity contribution >= 4 is 32.2 Å². The largest absolute Gasteiger partial charge is 0.303 e. The molecule has 2 heterocycles. The van der Waals surface area contributed by atoms with Crippen molar-refractivity contribution in [2.45, 2.75) is 62.1 Å². The fraction of sp³-hybridized carbons (Fsp3) is 0.526. The number of carbonyl (C=O) groups is 1. The van der Waals surface area contributed by atoms with Gasteiger partial charge in [-0.3, -0.25) is 9.59 Å². The van der Waals surface area contributed by atoms with Gasteiger partial charge in [0.1, 0.15) is 6.04 Å². The lowest BCUT2D eigenvalue weighted by Gasteiger charge is -2.22. The lowest BCUT2D eigenvalue weighted by molar-refractivity contribution is -0.119. The Morgan fingerprint density at radius 2 is 2.07 bits per heavy atom. The highest BCUT2D eigenvalue weighted by Crippen LogP contribution is 2.32. The molecule has 152 valence electrons.